The Morgan fingerprint density at radius 1 is 1.02 bits per heavy atom. The quantitative estimate of drug-likeness (QED) is 0.198. The van der Waals surface area contributed by atoms with Gasteiger partial charge in [0.1, 0.15) is 0 Å². The fourth-order valence-corrected chi connectivity index (χ4v) is 6.50. The lowest BCUT2D eigenvalue weighted by molar-refractivity contribution is -0.137. The Morgan fingerprint density at radius 2 is 1.75 bits per heavy atom. The van der Waals surface area contributed by atoms with Crippen LogP contribution in [0.3, 0.4) is 0 Å². The molecule has 6 rings (SSSR count). The number of aromatic nitrogens is 1. The molecule has 44 heavy (non-hydrogen) atoms. The topological polar surface area (TPSA) is 77.5 Å². The number of benzene rings is 3. The van der Waals surface area contributed by atoms with E-state index in [1.54, 1.807) is 24.3 Å². The number of rotatable bonds is 9. The highest BCUT2D eigenvalue weighted by Gasteiger charge is 2.46. The van der Waals surface area contributed by atoms with Crippen molar-refractivity contribution in [2.24, 2.45) is 0 Å². The smallest absolute Gasteiger partial charge is 0.395 e. The summed E-state index contributed by atoms with van der Waals surface area (Å²) in [6.07, 6.45) is -1.31. The number of likely N-dealkylation sites (tertiary alicyclic amines) is 1. The van der Waals surface area contributed by atoms with E-state index in [0.29, 0.717) is 58.9 Å². The van der Waals surface area contributed by atoms with Crippen LogP contribution < -0.4 is 10.6 Å². The number of nitrogens with zero attached hydrogens (tertiary/aromatic N) is 2. The van der Waals surface area contributed by atoms with Gasteiger partial charge in [0.25, 0.3) is 5.91 Å². The second-order valence-electron chi connectivity index (χ2n) is 11.7. The Bertz CT molecular complexity index is 1650. The lowest BCUT2D eigenvalue weighted by Crippen LogP contribution is -2.43. The van der Waals surface area contributed by atoms with Gasteiger partial charge < -0.3 is 15.7 Å². The van der Waals surface area contributed by atoms with Crippen molar-refractivity contribution >= 4 is 28.4 Å². The van der Waals surface area contributed by atoms with Gasteiger partial charge in [0, 0.05) is 35.6 Å². The van der Waals surface area contributed by atoms with Gasteiger partial charge in [0.2, 0.25) is 0 Å². The summed E-state index contributed by atoms with van der Waals surface area (Å²) in [6, 6.07) is 20.3. The predicted octanol–water partition coefficient (Wildman–Crippen LogP) is 6.54. The molecule has 2 heterocycles. The summed E-state index contributed by atoms with van der Waals surface area (Å²) in [5.41, 5.74) is 1.67. The molecule has 1 saturated heterocycles. The minimum Gasteiger partial charge on any atom is -0.395 e. The summed E-state index contributed by atoms with van der Waals surface area (Å²) in [5.74, 6) is -0.324. The van der Waals surface area contributed by atoms with Crippen LogP contribution in [-0.2, 0) is 18.3 Å². The monoisotopic (exact) mass is 622 g/mol. The van der Waals surface area contributed by atoms with E-state index in [0.717, 1.165) is 43.4 Å². The molecule has 1 amide bonds. The van der Waals surface area contributed by atoms with Crippen LogP contribution >= 0.6 is 11.6 Å². The van der Waals surface area contributed by atoms with Gasteiger partial charge in [-0.3, -0.25) is 9.69 Å². The highest BCUT2D eigenvalue weighted by molar-refractivity contribution is 6.37. The first kappa shape index (κ1) is 30.5. The maximum absolute atomic E-state index is 14.5. The van der Waals surface area contributed by atoms with Crippen LogP contribution in [0.15, 0.2) is 72.8 Å². The Labute approximate surface area is 259 Å². The van der Waals surface area contributed by atoms with Crippen molar-refractivity contribution in [2.75, 3.05) is 26.2 Å². The van der Waals surface area contributed by atoms with Crippen LogP contribution in [0.4, 0.5) is 13.2 Å². The Balaban J connectivity index is 1.48. The molecule has 3 N–H and O–H groups in total. The molecule has 6 nitrogen and oxygen atoms in total. The van der Waals surface area contributed by atoms with Gasteiger partial charge in [0.05, 0.1) is 39.5 Å². The molecule has 1 saturated carbocycles. The first-order chi connectivity index (χ1) is 21.2. The molecule has 1 aromatic heterocycles. The molecular formula is C34H34ClF3N4O2. The number of alkyl halides is 3. The fourth-order valence-electron chi connectivity index (χ4n) is 6.23. The Morgan fingerprint density at radius 3 is 2.43 bits per heavy atom. The van der Waals surface area contributed by atoms with Gasteiger partial charge in [-0.2, -0.15) is 13.2 Å². The number of carbonyl (C=O) groups is 1. The van der Waals surface area contributed by atoms with Gasteiger partial charge in [-0.15, -0.1) is 0 Å². The highest BCUT2D eigenvalue weighted by Crippen LogP contribution is 2.46. The Kier molecular flexibility index (Phi) is 8.66. The van der Waals surface area contributed by atoms with Crippen LogP contribution in [0.5, 0.6) is 0 Å². The van der Waals surface area contributed by atoms with Crippen molar-refractivity contribution in [3.8, 4) is 11.3 Å². The molecule has 2 aliphatic rings. The van der Waals surface area contributed by atoms with Gasteiger partial charge >= 0.3 is 6.18 Å². The second kappa shape index (κ2) is 12.5. The fraction of sp³-hybridized carbons (Fsp3) is 0.353. The number of carbonyl (C=O) groups excluding carboxylic acids is 1. The first-order valence-electron chi connectivity index (χ1n) is 14.9. The minimum atomic E-state index is -4.53. The van der Waals surface area contributed by atoms with E-state index in [4.69, 9.17) is 16.6 Å². The molecule has 2 fully saturated rings. The number of hydrogen-bond donors (Lipinski definition) is 3. The second-order valence-corrected chi connectivity index (χ2v) is 12.1. The first-order valence-corrected chi connectivity index (χ1v) is 15.3. The molecule has 1 aliphatic heterocycles. The largest absolute Gasteiger partial charge is 0.416 e. The predicted molar refractivity (Wildman–Crippen MR) is 165 cm³/mol. The molecule has 0 unspecified atom stereocenters. The lowest BCUT2D eigenvalue weighted by atomic mass is 9.93. The number of halogens is 4. The van der Waals surface area contributed by atoms with Crippen LogP contribution in [-0.4, -0.2) is 53.2 Å². The molecular weight excluding hydrogens is 589 g/mol. The lowest BCUT2D eigenvalue weighted by Gasteiger charge is -2.33. The zero-order valence-electron chi connectivity index (χ0n) is 24.1. The number of fused-ring (bicyclic) bond motifs is 1. The number of aliphatic hydroxyl groups is 1. The zero-order chi connectivity index (χ0) is 30.9. The highest BCUT2D eigenvalue weighted by atomic mass is 35.5. The third-order valence-corrected chi connectivity index (χ3v) is 9.01. The average Bonchev–Trinajstić information content (AvgIpc) is 3.81. The molecule has 1 aliphatic carbocycles. The minimum absolute atomic E-state index is 0.0625. The number of aliphatic hydroxyl groups excluding tert-OH is 1. The summed E-state index contributed by atoms with van der Waals surface area (Å²) in [6.45, 7) is 2.31. The van der Waals surface area contributed by atoms with Crippen LogP contribution in [0.2, 0.25) is 5.02 Å². The van der Waals surface area contributed by atoms with Crippen molar-refractivity contribution < 1.29 is 23.1 Å². The summed E-state index contributed by atoms with van der Waals surface area (Å²) in [5, 5.41) is 16.7. The van der Waals surface area contributed by atoms with Gasteiger partial charge in [-0.05, 0) is 68.6 Å². The summed E-state index contributed by atoms with van der Waals surface area (Å²) < 4.78 is 41.5. The van der Waals surface area contributed by atoms with E-state index >= 15 is 0 Å². The maximum Gasteiger partial charge on any atom is 0.416 e. The average molecular weight is 623 g/mol. The third-order valence-electron chi connectivity index (χ3n) is 8.70. The van der Waals surface area contributed by atoms with Gasteiger partial charge in [-0.1, -0.05) is 60.1 Å². The maximum atomic E-state index is 14.5. The third kappa shape index (κ3) is 6.33. The van der Waals surface area contributed by atoms with Crippen LogP contribution in [0.1, 0.15) is 52.7 Å². The van der Waals surface area contributed by atoms with E-state index < -0.39 is 17.3 Å². The molecule has 0 atom stereocenters. The van der Waals surface area contributed by atoms with Crippen LogP contribution in [0.25, 0.3) is 22.2 Å². The SMILES string of the molecule is O=C(NC1(c2ccccc2)CC1)c1c(CN2CCC(NCCO)CC2)c(-c2cccc(C(F)(F)F)c2)nc2cccc(Cl)c12. The molecule has 230 valence electrons. The number of piperidine rings is 1. The van der Waals surface area contributed by atoms with E-state index in [2.05, 4.69) is 15.5 Å². The number of pyridine rings is 1. The van der Waals surface area contributed by atoms with Crippen molar-refractivity contribution in [1.29, 1.82) is 0 Å². The summed E-state index contributed by atoms with van der Waals surface area (Å²) >= 11 is 6.76. The number of hydrogen-bond acceptors (Lipinski definition) is 5. The molecule has 0 bridgehead atoms. The Hall–Kier alpha value is -3.50. The van der Waals surface area contributed by atoms with Crippen molar-refractivity contribution in [3.63, 3.8) is 0 Å². The van der Waals surface area contributed by atoms with Crippen molar-refractivity contribution in [1.82, 2.24) is 20.5 Å². The molecule has 0 spiro atoms. The number of nitrogens with one attached hydrogen (secondary N) is 2. The van der Waals surface area contributed by atoms with E-state index in [1.807, 2.05) is 30.3 Å². The van der Waals surface area contributed by atoms with E-state index in [-0.39, 0.29) is 24.1 Å². The molecule has 3 aromatic carbocycles. The van der Waals surface area contributed by atoms with Crippen LogP contribution in [0, 0.1) is 0 Å². The molecule has 0 radical (unpaired) electrons. The molecule has 4 aromatic rings. The summed E-state index contributed by atoms with van der Waals surface area (Å²) in [7, 11) is 0. The summed E-state index contributed by atoms with van der Waals surface area (Å²) in [4.78, 5) is 21.5. The van der Waals surface area contributed by atoms with Crippen molar-refractivity contribution in [2.45, 2.75) is 50.0 Å². The van der Waals surface area contributed by atoms with Gasteiger partial charge in [-0.25, -0.2) is 4.98 Å². The van der Waals surface area contributed by atoms with E-state index in [9.17, 15) is 23.1 Å². The standard InChI is InChI=1S/C34H34ClF3N4O2/c35-27-10-5-11-28-30(27)29(32(44)41-33(14-15-33)23-7-2-1-3-8-23)26(21-42-17-12-25(13-18-42)39-16-19-43)31(40-28)22-6-4-9-24(20-22)34(36,37)38/h1-11,20,25,39,43H,12-19,21H2,(H,41,44). The van der Waals surface area contributed by atoms with Crippen molar-refractivity contribution in [3.05, 3.63) is 100 Å². The number of amides is 1. The zero-order valence-corrected chi connectivity index (χ0v) is 24.9. The van der Waals surface area contributed by atoms with E-state index in [1.165, 1.54) is 6.07 Å². The van der Waals surface area contributed by atoms with Gasteiger partial charge in [0.15, 0.2) is 0 Å². The molecule has 10 heteroatoms. The normalized spacial score (nSPS) is 17.1.